The van der Waals surface area contributed by atoms with E-state index in [0.717, 1.165) is 86.7 Å². The van der Waals surface area contributed by atoms with E-state index in [2.05, 4.69) is 46.6 Å². The molecule has 4 fully saturated rings. The third kappa shape index (κ3) is 6.96. The highest BCUT2D eigenvalue weighted by Crippen LogP contribution is 2.49. The highest BCUT2D eigenvalue weighted by Gasteiger charge is 2.41. The number of nitrogens with one attached hydrogen (secondary N) is 2. The summed E-state index contributed by atoms with van der Waals surface area (Å²) >= 11 is 0. The molecular weight excluding hydrogens is 753 g/mol. The SMILES string of the molecule is Nc1ncnc2c1c(-c1noc(C3CC3)c1-c1ccccn1)nn2C1CC(C(=O)NCCCCN2CCN(c3ccc4c(c3)C(=O)N(C3CCC(=O)NC3=O)C4)CC2)C1. The summed E-state index contributed by atoms with van der Waals surface area (Å²) in [5, 5.41) is 15.7. The van der Waals surface area contributed by atoms with Crippen LogP contribution in [-0.4, -0.2) is 109 Å². The second-order valence-electron chi connectivity index (χ2n) is 16.4. The number of imide groups is 1. The molecule has 17 nitrogen and oxygen atoms in total. The van der Waals surface area contributed by atoms with Gasteiger partial charge in [0.15, 0.2) is 5.65 Å². The first-order valence-electron chi connectivity index (χ1n) is 20.7. The fourth-order valence-electron chi connectivity index (χ4n) is 9.05. The van der Waals surface area contributed by atoms with E-state index in [1.54, 1.807) is 11.1 Å². The van der Waals surface area contributed by atoms with E-state index >= 15 is 0 Å². The number of nitrogens with two attached hydrogens (primary N) is 1. The number of nitrogen functional groups attached to an aromatic ring is 1. The van der Waals surface area contributed by atoms with Gasteiger partial charge in [0.1, 0.15) is 35.3 Å². The standard InChI is InChI=1S/C42H46N12O5/c43-38-34-35(36-33(30-5-1-2-12-44-30)37(59-50-36)24-6-7-24)49-54(39(34)47-23-46-38)28-19-26(20-28)40(56)45-13-3-4-14-51-15-17-52(18-16-51)27-9-8-25-22-53(42(58)29(25)21-27)31-10-11-32(55)48-41(31)57/h1-2,5,8-9,12,21,23-24,26,28,31H,3-4,6-7,10-11,13-20,22H2,(H,45,56)(H2,43,46,47)(H,48,55,57). The van der Waals surface area contributed by atoms with Gasteiger partial charge >= 0.3 is 0 Å². The number of hydrogen-bond acceptors (Lipinski definition) is 13. The van der Waals surface area contributed by atoms with Crippen molar-refractivity contribution >= 4 is 46.2 Å². The summed E-state index contributed by atoms with van der Waals surface area (Å²) in [5.74, 6) is 0.555. The van der Waals surface area contributed by atoms with Gasteiger partial charge in [-0.25, -0.2) is 14.6 Å². The monoisotopic (exact) mass is 798 g/mol. The third-order valence-corrected chi connectivity index (χ3v) is 12.6. The first-order chi connectivity index (χ1) is 28.8. The molecule has 4 aromatic heterocycles. The van der Waals surface area contributed by atoms with Gasteiger partial charge in [-0.2, -0.15) is 5.10 Å². The van der Waals surface area contributed by atoms with Crippen molar-refractivity contribution in [1.29, 1.82) is 0 Å². The number of piperazine rings is 1. The Balaban J connectivity index is 0.692. The van der Waals surface area contributed by atoms with Crippen molar-refractivity contribution in [3.8, 4) is 22.6 Å². The first-order valence-corrected chi connectivity index (χ1v) is 20.7. The smallest absolute Gasteiger partial charge is 0.255 e. The number of piperidine rings is 1. The Labute approximate surface area is 339 Å². The molecule has 5 aliphatic rings. The summed E-state index contributed by atoms with van der Waals surface area (Å²) in [7, 11) is 0. The van der Waals surface area contributed by atoms with E-state index in [4.69, 9.17) is 15.4 Å². The van der Waals surface area contributed by atoms with Crippen LogP contribution in [0.25, 0.3) is 33.7 Å². The van der Waals surface area contributed by atoms with Crippen molar-refractivity contribution in [2.45, 2.75) is 75.9 Å². The Kier molecular flexibility index (Phi) is 9.53. The van der Waals surface area contributed by atoms with Crippen LogP contribution in [0.2, 0.25) is 0 Å². The Hall–Kier alpha value is -6.23. The van der Waals surface area contributed by atoms with E-state index in [1.807, 2.05) is 35.0 Å². The van der Waals surface area contributed by atoms with Crippen molar-refractivity contribution in [3.05, 3.63) is 65.8 Å². The average Bonchev–Trinajstić information content (AvgIpc) is 3.74. The summed E-state index contributed by atoms with van der Waals surface area (Å²) in [6.45, 7) is 5.48. The third-order valence-electron chi connectivity index (χ3n) is 12.6. The molecule has 2 saturated carbocycles. The maximum atomic E-state index is 13.3. The lowest BCUT2D eigenvalue weighted by molar-refractivity contribution is -0.137. The van der Waals surface area contributed by atoms with Gasteiger partial charge in [0, 0.05) is 75.0 Å². The van der Waals surface area contributed by atoms with Crippen LogP contribution >= 0.6 is 0 Å². The molecule has 5 aromatic rings. The second-order valence-corrected chi connectivity index (χ2v) is 16.4. The number of fused-ring (bicyclic) bond motifs is 2. The molecule has 1 unspecified atom stereocenters. The van der Waals surface area contributed by atoms with Gasteiger partial charge in [0.25, 0.3) is 5.91 Å². The highest BCUT2D eigenvalue weighted by atomic mass is 16.5. The lowest BCUT2D eigenvalue weighted by Crippen LogP contribution is -2.52. The van der Waals surface area contributed by atoms with Crippen LogP contribution in [0.15, 0.2) is 53.4 Å². The topological polar surface area (TPSA) is 211 Å². The minimum atomic E-state index is -0.613. The Bertz CT molecular complexity index is 2450. The minimum Gasteiger partial charge on any atom is -0.383 e. The molecule has 59 heavy (non-hydrogen) atoms. The number of carbonyl (C=O) groups is 4. The van der Waals surface area contributed by atoms with Gasteiger partial charge in [-0.3, -0.25) is 34.4 Å². The van der Waals surface area contributed by atoms with Gasteiger partial charge in [-0.05, 0) is 81.3 Å². The molecule has 2 saturated heterocycles. The molecular formula is C42H46N12O5. The number of aromatic nitrogens is 6. The molecule has 0 spiro atoms. The molecule has 304 valence electrons. The van der Waals surface area contributed by atoms with Gasteiger partial charge in [0.2, 0.25) is 17.7 Å². The van der Waals surface area contributed by atoms with Crippen LogP contribution in [0.5, 0.6) is 0 Å². The molecule has 3 aliphatic heterocycles. The summed E-state index contributed by atoms with van der Waals surface area (Å²) in [4.78, 5) is 70.3. The fourth-order valence-corrected chi connectivity index (χ4v) is 9.05. The van der Waals surface area contributed by atoms with Crippen LogP contribution in [0.4, 0.5) is 11.5 Å². The number of pyridine rings is 1. The molecule has 0 radical (unpaired) electrons. The van der Waals surface area contributed by atoms with Crippen LogP contribution in [0.1, 0.15) is 85.0 Å². The predicted octanol–water partition coefficient (Wildman–Crippen LogP) is 3.43. The predicted molar refractivity (Wildman–Crippen MR) is 216 cm³/mol. The van der Waals surface area contributed by atoms with Crippen molar-refractivity contribution < 1.29 is 23.7 Å². The average molecular weight is 799 g/mol. The van der Waals surface area contributed by atoms with Gasteiger partial charge in [-0.1, -0.05) is 17.3 Å². The molecule has 1 atom stereocenters. The summed E-state index contributed by atoms with van der Waals surface area (Å²) in [6, 6.07) is 11.1. The van der Waals surface area contributed by atoms with Crippen molar-refractivity contribution in [1.82, 2.24) is 50.3 Å². The van der Waals surface area contributed by atoms with Gasteiger partial charge in [0.05, 0.1) is 22.7 Å². The Morgan fingerprint density at radius 3 is 2.59 bits per heavy atom. The molecule has 0 bridgehead atoms. The van der Waals surface area contributed by atoms with Gasteiger partial charge < -0.3 is 25.4 Å². The van der Waals surface area contributed by atoms with E-state index in [-0.39, 0.29) is 36.1 Å². The number of amides is 4. The largest absolute Gasteiger partial charge is 0.383 e. The molecule has 4 N–H and O–H groups in total. The van der Waals surface area contributed by atoms with E-state index in [0.29, 0.717) is 72.1 Å². The number of unbranched alkanes of at least 4 members (excludes halogenated alkanes) is 1. The number of carbonyl (C=O) groups excluding carboxylic acids is 4. The fraction of sp³-hybridized carbons (Fsp3) is 0.452. The molecule has 10 rings (SSSR count). The minimum absolute atomic E-state index is 0.0205. The highest BCUT2D eigenvalue weighted by molar-refractivity contribution is 6.06. The Morgan fingerprint density at radius 2 is 1.81 bits per heavy atom. The van der Waals surface area contributed by atoms with Crippen LogP contribution < -0.4 is 21.3 Å². The number of nitrogens with zero attached hydrogens (tertiary/aromatic N) is 9. The van der Waals surface area contributed by atoms with E-state index in [9.17, 15) is 19.2 Å². The van der Waals surface area contributed by atoms with Crippen molar-refractivity contribution in [2.75, 3.05) is 49.9 Å². The molecule has 2 aliphatic carbocycles. The maximum Gasteiger partial charge on any atom is 0.255 e. The molecule has 1 aromatic carbocycles. The van der Waals surface area contributed by atoms with Crippen LogP contribution in [0.3, 0.4) is 0 Å². The zero-order valence-electron chi connectivity index (χ0n) is 32.7. The number of anilines is 2. The molecule has 4 amide bonds. The van der Waals surface area contributed by atoms with Crippen molar-refractivity contribution in [3.63, 3.8) is 0 Å². The summed E-state index contributed by atoms with van der Waals surface area (Å²) < 4.78 is 7.80. The zero-order valence-corrected chi connectivity index (χ0v) is 32.7. The first kappa shape index (κ1) is 37.1. The summed E-state index contributed by atoms with van der Waals surface area (Å²) in [6.07, 6.45) is 9.03. The quantitative estimate of drug-likeness (QED) is 0.122. The van der Waals surface area contributed by atoms with E-state index in [1.165, 1.54) is 6.33 Å². The van der Waals surface area contributed by atoms with Gasteiger partial charge in [-0.15, -0.1) is 0 Å². The van der Waals surface area contributed by atoms with Crippen LogP contribution in [0, 0.1) is 5.92 Å². The number of hydrogen-bond donors (Lipinski definition) is 3. The van der Waals surface area contributed by atoms with Crippen molar-refractivity contribution in [2.24, 2.45) is 5.92 Å². The molecule has 17 heteroatoms. The number of benzene rings is 1. The number of rotatable bonds is 12. The lowest BCUT2D eigenvalue weighted by atomic mass is 9.79. The van der Waals surface area contributed by atoms with E-state index < -0.39 is 11.9 Å². The maximum absolute atomic E-state index is 13.3. The second kappa shape index (κ2) is 15.2. The zero-order chi connectivity index (χ0) is 40.2. The van der Waals surface area contributed by atoms with Crippen LogP contribution in [-0.2, 0) is 20.9 Å². The molecule has 7 heterocycles. The Morgan fingerprint density at radius 1 is 0.966 bits per heavy atom. The normalized spacial score (nSPS) is 22.1. The lowest BCUT2D eigenvalue weighted by Gasteiger charge is -2.36. The summed E-state index contributed by atoms with van der Waals surface area (Å²) in [5.41, 5.74) is 12.3.